The van der Waals surface area contributed by atoms with E-state index >= 15 is 0 Å². The van der Waals surface area contributed by atoms with Crippen molar-refractivity contribution in [1.29, 1.82) is 0 Å². The van der Waals surface area contributed by atoms with Crippen LogP contribution in [0.4, 0.5) is 32.6 Å². The zero-order chi connectivity index (χ0) is 57.6. The van der Waals surface area contributed by atoms with Gasteiger partial charge in [0.1, 0.15) is 23.9 Å². The van der Waals surface area contributed by atoms with Crippen molar-refractivity contribution in [2.24, 2.45) is 5.92 Å². The zero-order valence-corrected chi connectivity index (χ0v) is 52.2. The van der Waals surface area contributed by atoms with E-state index < -0.39 is 47.7 Å². The van der Waals surface area contributed by atoms with Crippen LogP contribution in [0, 0.1) is 17.6 Å². The molecule has 3 amide bonds. The fourth-order valence-electron chi connectivity index (χ4n) is 6.98. The van der Waals surface area contributed by atoms with Crippen LogP contribution in [0.15, 0.2) is 53.1 Å². The molecule has 79 heavy (non-hydrogen) atoms. The molecule has 1 aromatic heterocycles. The monoisotopic (exact) mass is 1240 g/mol. The molecule has 2 aromatic carbocycles. The average molecular weight is 1250 g/mol. The molecule has 0 aliphatic carbocycles. The van der Waals surface area contributed by atoms with Crippen molar-refractivity contribution in [3.8, 4) is 11.3 Å². The van der Waals surface area contributed by atoms with Crippen LogP contribution in [0.25, 0.3) is 11.3 Å². The molecule has 18 nitrogen and oxygen atoms in total. The summed E-state index contributed by atoms with van der Waals surface area (Å²) in [6.07, 6.45) is 6.09. The standard InChI is InChI=1S/C29H32ClF2N5O5.C9H18O2.C8H17NO2.C4H9F3O3SSi.3H2S/c1-36(26(38)10-8-19-4-3-7-23(32)28(19)30)22(9-11-27(39)37-14-12-33-13-15-37)18-41-29(40)34-25-17-24(35-42-25)20-5-2-6-21(31)16-20;1-4-8(5-2)6-7-9(10)11-3;1-4-7(9-2)5-6-8(10)11-3;1-12(2,3)10-11(8,9)4(5,6)7;;;/h2-7,16-17,22,33H,8-15,18H2,1H3,(H,34,40);8H,4-7H2,1-3H3;7,9H,4-6H2,1-3H3;1-3H3;3*1H2/t22-;;7-;;;;/m0.1..../s1. The molecule has 1 aliphatic heterocycles. The Morgan fingerprint density at radius 3 is 1.95 bits per heavy atom. The first-order valence-corrected chi connectivity index (χ1v) is 30.0. The van der Waals surface area contributed by atoms with Gasteiger partial charge in [0.05, 0.1) is 25.3 Å². The van der Waals surface area contributed by atoms with E-state index in [1.54, 1.807) is 24.1 Å². The van der Waals surface area contributed by atoms with Gasteiger partial charge in [0.15, 0.2) is 0 Å². The van der Waals surface area contributed by atoms with Crippen molar-refractivity contribution in [2.75, 3.05) is 66.4 Å². The molecular weight excluding hydrogens is 1160 g/mol. The fourth-order valence-corrected chi connectivity index (χ4v) is 10.2. The maximum atomic E-state index is 13.8. The Kier molecular flexibility index (Phi) is 41.0. The summed E-state index contributed by atoms with van der Waals surface area (Å²) in [5.74, 6) is -0.873. The molecule has 454 valence electrons. The van der Waals surface area contributed by atoms with E-state index in [2.05, 4.69) is 55.2 Å². The third-order valence-corrected chi connectivity index (χ3v) is 15.5. The van der Waals surface area contributed by atoms with Gasteiger partial charge < -0.3 is 43.0 Å². The molecule has 0 spiro atoms. The number of methoxy groups -OCH3 is 2. The minimum atomic E-state index is -5.39. The van der Waals surface area contributed by atoms with Crippen molar-refractivity contribution < 1.29 is 76.9 Å². The number of aryl methyl sites for hydroxylation is 1. The number of nitrogens with zero attached hydrogens (tertiary/aromatic N) is 3. The Morgan fingerprint density at radius 2 is 1.44 bits per heavy atom. The summed E-state index contributed by atoms with van der Waals surface area (Å²) in [4.78, 5) is 63.0. The number of hydrogen-bond donors (Lipinski definition) is 3. The van der Waals surface area contributed by atoms with Gasteiger partial charge in [-0.1, -0.05) is 74.6 Å². The third-order valence-electron chi connectivity index (χ3n) is 11.6. The first kappa shape index (κ1) is 79.1. The summed E-state index contributed by atoms with van der Waals surface area (Å²) >= 11 is 6.03. The lowest BCUT2D eigenvalue weighted by atomic mass is 9.98. The quantitative estimate of drug-likeness (QED) is 0.0264. The van der Waals surface area contributed by atoms with Gasteiger partial charge in [-0.25, -0.2) is 13.6 Å². The molecule has 2 heterocycles. The lowest BCUT2D eigenvalue weighted by molar-refractivity contribution is -0.141. The summed E-state index contributed by atoms with van der Waals surface area (Å²) in [7, 11) is -1.77. The van der Waals surface area contributed by atoms with E-state index in [9.17, 15) is 54.3 Å². The summed E-state index contributed by atoms with van der Waals surface area (Å²) in [5.41, 5.74) is -4.02. The maximum Gasteiger partial charge on any atom is 0.522 e. The van der Waals surface area contributed by atoms with Crippen LogP contribution in [-0.2, 0) is 53.8 Å². The topological polar surface area (TPSA) is 225 Å². The van der Waals surface area contributed by atoms with Gasteiger partial charge in [0.25, 0.3) is 0 Å². The number of aromatic nitrogens is 1. The molecule has 2 atom stereocenters. The molecule has 3 aromatic rings. The van der Waals surface area contributed by atoms with Crippen LogP contribution in [-0.4, -0.2) is 140 Å². The minimum Gasteiger partial charge on any atom is -0.469 e. The second-order valence-corrected chi connectivity index (χ2v) is 24.9. The van der Waals surface area contributed by atoms with Crippen molar-refractivity contribution in [3.63, 3.8) is 0 Å². The zero-order valence-electron chi connectivity index (χ0n) is 46.6. The number of anilines is 1. The van der Waals surface area contributed by atoms with Gasteiger partial charge in [0.2, 0.25) is 26.0 Å². The Bertz CT molecular complexity index is 2340. The van der Waals surface area contributed by atoms with Gasteiger partial charge in [-0.3, -0.25) is 24.5 Å². The number of halogens is 6. The minimum absolute atomic E-state index is 0. The predicted octanol–water partition coefficient (Wildman–Crippen LogP) is 9.83. The average Bonchev–Trinajstić information content (AvgIpc) is 3.85. The van der Waals surface area contributed by atoms with Crippen LogP contribution in [0.2, 0.25) is 24.7 Å². The van der Waals surface area contributed by atoms with Crippen molar-refractivity contribution in [2.45, 2.75) is 129 Å². The molecule has 0 bridgehead atoms. The Hall–Kier alpha value is -4.16. The van der Waals surface area contributed by atoms with Gasteiger partial charge in [0, 0.05) is 76.6 Å². The van der Waals surface area contributed by atoms with Gasteiger partial charge >= 0.3 is 33.7 Å². The van der Waals surface area contributed by atoms with Crippen molar-refractivity contribution >= 4 is 106 Å². The number of nitrogens with one attached hydrogen (secondary N) is 3. The van der Waals surface area contributed by atoms with E-state index in [1.165, 1.54) is 75.2 Å². The number of rotatable bonds is 23. The van der Waals surface area contributed by atoms with Crippen LogP contribution in [0.1, 0.15) is 90.5 Å². The first-order chi connectivity index (χ1) is 35.6. The molecule has 4 rings (SSSR count). The first-order valence-electron chi connectivity index (χ1n) is 24.8. The lowest BCUT2D eigenvalue weighted by Gasteiger charge is -2.30. The molecule has 1 saturated heterocycles. The normalized spacial score (nSPS) is 12.8. The van der Waals surface area contributed by atoms with Crippen LogP contribution in [0.5, 0.6) is 0 Å². The third kappa shape index (κ3) is 32.2. The molecule has 1 fully saturated rings. The second-order valence-electron chi connectivity index (χ2n) is 18.3. The number of esters is 2. The van der Waals surface area contributed by atoms with E-state index in [4.69, 9.17) is 20.9 Å². The summed E-state index contributed by atoms with van der Waals surface area (Å²) in [6, 6.07) is 11.4. The number of likely N-dealkylation sites (N-methyl/N-ethyl adjacent to an activating group) is 1. The summed E-state index contributed by atoms with van der Waals surface area (Å²) in [5, 5.41) is 12.5. The highest BCUT2D eigenvalue weighted by Gasteiger charge is 2.49. The second kappa shape index (κ2) is 40.9. The number of piperazine rings is 1. The largest absolute Gasteiger partial charge is 0.522 e. The van der Waals surface area contributed by atoms with Crippen LogP contribution < -0.4 is 16.0 Å². The Morgan fingerprint density at radius 1 is 0.861 bits per heavy atom. The molecule has 0 unspecified atom stereocenters. The van der Waals surface area contributed by atoms with E-state index in [1.807, 2.05) is 7.05 Å². The molecular formula is C50H82ClF5N6O12S4Si. The summed E-state index contributed by atoms with van der Waals surface area (Å²) in [6.45, 7) is 12.9. The van der Waals surface area contributed by atoms with E-state index in [-0.39, 0.29) is 107 Å². The maximum absolute atomic E-state index is 13.8. The van der Waals surface area contributed by atoms with Crippen LogP contribution >= 0.6 is 52.1 Å². The highest BCUT2D eigenvalue weighted by Crippen LogP contribution is 2.28. The van der Waals surface area contributed by atoms with Crippen LogP contribution in [0.3, 0.4) is 0 Å². The molecule has 29 heteroatoms. The van der Waals surface area contributed by atoms with Gasteiger partial charge in [-0.15, -0.1) is 0 Å². The molecule has 1 aliphatic rings. The number of carbonyl (C=O) groups excluding carboxylic acids is 5. The van der Waals surface area contributed by atoms with Crippen molar-refractivity contribution in [3.05, 3.63) is 70.8 Å². The molecule has 3 N–H and O–H groups in total. The van der Waals surface area contributed by atoms with E-state index in [0.717, 1.165) is 32.1 Å². The van der Waals surface area contributed by atoms with Crippen molar-refractivity contribution in [1.82, 2.24) is 25.6 Å². The highest BCUT2D eigenvalue weighted by molar-refractivity contribution is 7.88. The smallest absolute Gasteiger partial charge is 0.469 e. The number of alkyl halides is 3. The number of hydrogen-bond acceptors (Lipinski definition) is 15. The SMILES string of the molecule is CCC(CC)CCC(=O)OC.CC[C@H](CCC(=O)OC)NC.CN(C(=O)CCc1cccc(F)c1Cl)[C@@H](CCC(=O)N1CCNCC1)COC(=O)Nc1cc(-c2cccc(F)c2)no1.C[Si](C)(C)OS(=O)(=O)C(F)(F)F.S.S.S. The number of benzene rings is 2. The highest BCUT2D eigenvalue weighted by atomic mass is 35.5. The number of carbonyl (C=O) groups is 5. The molecule has 0 saturated carbocycles. The Balaban J connectivity index is -0.00000127. The van der Waals surface area contributed by atoms with Gasteiger partial charge in [-0.05, 0) is 88.5 Å². The number of ether oxygens (including phenoxy) is 3. The summed E-state index contributed by atoms with van der Waals surface area (Å²) < 4.78 is 107. The Labute approximate surface area is 489 Å². The predicted molar refractivity (Wildman–Crippen MR) is 312 cm³/mol. The lowest BCUT2D eigenvalue weighted by Crippen LogP contribution is -2.47. The van der Waals surface area contributed by atoms with E-state index in [0.29, 0.717) is 67.8 Å². The fraction of sp³-hybridized carbons (Fsp3) is 0.600. The number of amides is 3. The van der Waals surface area contributed by atoms with Gasteiger partial charge in [-0.2, -0.15) is 62.1 Å². The molecule has 0 radical (unpaired) electrons.